The molecule has 3 rings (SSSR count). The molecule has 1 fully saturated rings. The molecular formula is C21H25ClN2O4S. The summed E-state index contributed by atoms with van der Waals surface area (Å²) in [5, 5.41) is 3.35. The Balaban J connectivity index is 1.52. The lowest BCUT2D eigenvalue weighted by molar-refractivity contribution is -0.126. The van der Waals surface area contributed by atoms with Gasteiger partial charge in [0, 0.05) is 13.1 Å². The number of hydrogen-bond acceptors (Lipinski definition) is 4. The van der Waals surface area contributed by atoms with Crippen molar-refractivity contribution in [2.45, 2.75) is 24.7 Å². The molecule has 0 aliphatic carbocycles. The summed E-state index contributed by atoms with van der Waals surface area (Å²) in [5.74, 6) is 0.0392. The van der Waals surface area contributed by atoms with E-state index in [4.69, 9.17) is 16.3 Å². The summed E-state index contributed by atoms with van der Waals surface area (Å²) in [4.78, 5) is 12.8. The number of nitrogens with one attached hydrogen (secondary N) is 1. The normalized spacial score (nSPS) is 17.7. The van der Waals surface area contributed by atoms with Crippen LogP contribution in [-0.4, -0.2) is 44.9 Å². The zero-order valence-corrected chi connectivity index (χ0v) is 17.9. The quantitative estimate of drug-likeness (QED) is 0.676. The minimum Gasteiger partial charge on any atom is -0.490 e. The van der Waals surface area contributed by atoms with Gasteiger partial charge in [-0.25, -0.2) is 8.42 Å². The minimum absolute atomic E-state index is 0.156. The Bertz CT molecular complexity index is 947. The van der Waals surface area contributed by atoms with Gasteiger partial charge in [0.1, 0.15) is 12.4 Å². The fourth-order valence-electron chi connectivity index (χ4n) is 3.28. The number of benzene rings is 2. The molecule has 1 amide bonds. The van der Waals surface area contributed by atoms with E-state index in [1.807, 2.05) is 19.1 Å². The first kappa shape index (κ1) is 21.6. The molecule has 0 aromatic heterocycles. The summed E-state index contributed by atoms with van der Waals surface area (Å²) in [6.07, 6.45) is 1.32. The van der Waals surface area contributed by atoms with Crippen LogP contribution in [0.15, 0.2) is 53.4 Å². The van der Waals surface area contributed by atoms with Gasteiger partial charge in [-0.15, -0.1) is 0 Å². The van der Waals surface area contributed by atoms with Gasteiger partial charge in [-0.1, -0.05) is 41.4 Å². The standard InChI is InChI=1S/C21H25ClN2O4S/c1-16-8-10-18(11-9-16)29(26,27)24-13-4-5-17(15-24)21(25)23-12-14-28-20-7-3-2-6-19(20)22/h2-3,6-11,17H,4-5,12-15H2,1H3,(H,23,25). The van der Waals surface area contributed by atoms with Crippen LogP contribution < -0.4 is 10.1 Å². The largest absolute Gasteiger partial charge is 0.490 e. The topological polar surface area (TPSA) is 75.7 Å². The molecule has 2 aromatic carbocycles. The lowest BCUT2D eigenvalue weighted by atomic mass is 9.99. The second kappa shape index (κ2) is 9.61. The Hall–Kier alpha value is -2.09. The summed E-state index contributed by atoms with van der Waals surface area (Å²) < 4.78 is 32.7. The number of hydrogen-bond donors (Lipinski definition) is 1. The van der Waals surface area contributed by atoms with Crippen LogP contribution in [-0.2, 0) is 14.8 Å². The molecule has 0 spiro atoms. The third kappa shape index (κ3) is 5.50. The third-order valence-corrected chi connectivity index (χ3v) is 7.10. The van der Waals surface area contributed by atoms with Crippen molar-refractivity contribution in [1.82, 2.24) is 9.62 Å². The van der Waals surface area contributed by atoms with Crippen molar-refractivity contribution in [2.24, 2.45) is 5.92 Å². The maximum Gasteiger partial charge on any atom is 0.243 e. The van der Waals surface area contributed by atoms with Crippen molar-refractivity contribution >= 4 is 27.5 Å². The van der Waals surface area contributed by atoms with Gasteiger partial charge in [0.15, 0.2) is 0 Å². The molecule has 8 heteroatoms. The van der Waals surface area contributed by atoms with E-state index >= 15 is 0 Å². The first-order valence-electron chi connectivity index (χ1n) is 9.60. The molecule has 6 nitrogen and oxygen atoms in total. The molecule has 1 N–H and O–H groups in total. The Labute approximate surface area is 176 Å². The lowest BCUT2D eigenvalue weighted by Crippen LogP contribution is -2.45. The van der Waals surface area contributed by atoms with Gasteiger partial charge in [0.25, 0.3) is 0 Å². The summed E-state index contributed by atoms with van der Waals surface area (Å²) in [6.45, 7) is 3.13. The predicted molar refractivity (Wildman–Crippen MR) is 113 cm³/mol. The van der Waals surface area contributed by atoms with Crippen LogP contribution in [0, 0.1) is 12.8 Å². The SMILES string of the molecule is Cc1ccc(S(=O)(=O)N2CCCC(C(=O)NCCOc3ccccc3Cl)C2)cc1. The predicted octanol–water partition coefficient (Wildman–Crippen LogP) is 3.24. The fraction of sp³-hybridized carbons (Fsp3) is 0.381. The molecule has 0 radical (unpaired) electrons. The molecule has 1 heterocycles. The van der Waals surface area contributed by atoms with Gasteiger partial charge in [-0.3, -0.25) is 4.79 Å². The Morgan fingerprint density at radius 3 is 2.66 bits per heavy atom. The van der Waals surface area contributed by atoms with Gasteiger partial charge in [0.05, 0.1) is 22.4 Å². The number of amides is 1. The van der Waals surface area contributed by atoms with Crippen molar-refractivity contribution in [1.29, 1.82) is 0 Å². The zero-order valence-electron chi connectivity index (χ0n) is 16.3. The Kier molecular flexibility index (Phi) is 7.16. The molecule has 1 atom stereocenters. The van der Waals surface area contributed by atoms with Gasteiger partial charge in [0.2, 0.25) is 15.9 Å². The molecule has 0 bridgehead atoms. The molecule has 156 valence electrons. The van der Waals surface area contributed by atoms with Crippen molar-refractivity contribution in [3.05, 3.63) is 59.1 Å². The monoisotopic (exact) mass is 436 g/mol. The molecule has 1 unspecified atom stereocenters. The maximum atomic E-state index is 12.9. The van der Waals surface area contributed by atoms with Crippen molar-refractivity contribution in [3.63, 3.8) is 0 Å². The lowest BCUT2D eigenvalue weighted by Gasteiger charge is -2.31. The van der Waals surface area contributed by atoms with E-state index in [0.717, 1.165) is 5.56 Å². The second-order valence-corrected chi connectivity index (χ2v) is 9.43. The number of piperidine rings is 1. The van der Waals surface area contributed by atoms with E-state index < -0.39 is 10.0 Å². The van der Waals surface area contributed by atoms with Gasteiger partial charge < -0.3 is 10.1 Å². The van der Waals surface area contributed by atoms with E-state index in [1.165, 1.54) is 4.31 Å². The molecule has 29 heavy (non-hydrogen) atoms. The van der Waals surface area contributed by atoms with E-state index in [1.54, 1.807) is 36.4 Å². The molecule has 1 saturated heterocycles. The number of halogens is 1. The van der Waals surface area contributed by atoms with Crippen LogP contribution in [0.2, 0.25) is 5.02 Å². The minimum atomic E-state index is -3.60. The molecule has 1 aliphatic heterocycles. The molecule has 1 aliphatic rings. The maximum absolute atomic E-state index is 12.9. The summed E-state index contributed by atoms with van der Waals surface area (Å²) in [6, 6.07) is 13.9. The van der Waals surface area contributed by atoms with Crippen LogP contribution in [0.5, 0.6) is 5.75 Å². The van der Waals surface area contributed by atoms with Crippen molar-refractivity contribution in [3.8, 4) is 5.75 Å². The average molecular weight is 437 g/mol. The van der Waals surface area contributed by atoms with E-state index in [9.17, 15) is 13.2 Å². The molecule has 2 aromatic rings. The van der Waals surface area contributed by atoms with Crippen molar-refractivity contribution in [2.75, 3.05) is 26.2 Å². The average Bonchev–Trinajstić information content (AvgIpc) is 2.72. The summed E-state index contributed by atoms with van der Waals surface area (Å²) in [7, 11) is -3.60. The Morgan fingerprint density at radius 1 is 1.21 bits per heavy atom. The number of nitrogens with zero attached hydrogens (tertiary/aromatic N) is 1. The van der Waals surface area contributed by atoms with Crippen molar-refractivity contribution < 1.29 is 17.9 Å². The number of sulfonamides is 1. The summed E-state index contributed by atoms with van der Waals surface area (Å²) in [5.41, 5.74) is 0.999. The second-order valence-electron chi connectivity index (χ2n) is 7.09. The number of carbonyl (C=O) groups excluding carboxylic acids is 1. The first-order valence-corrected chi connectivity index (χ1v) is 11.4. The van der Waals surface area contributed by atoms with Crippen LogP contribution in [0.3, 0.4) is 0 Å². The highest BCUT2D eigenvalue weighted by Gasteiger charge is 2.33. The van der Waals surface area contributed by atoms with Crippen LogP contribution >= 0.6 is 11.6 Å². The first-order chi connectivity index (χ1) is 13.9. The van der Waals surface area contributed by atoms with Crippen LogP contribution in [0.25, 0.3) is 0 Å². The number of para-hydroxylation sites is 1. The van der Waals surface area contributed by atoms with Gasteiger partial charge in [-0.05, 0) is 44.0 Å². The molecular weight excluding hydrogens is 412 g/mol. The smallest absolute Gasteiger partial charge is 0.243 e. The number of carbonyl (C=O) groups is 1. The van der Waals surface area contributed by atoms with E-state index in [-0.39, 0.29) is 29.9 Å². The number of rotatable bonds is 7. The Morgan fingerprint density at radius 2 is 1.93 bits per heavy atom. The zero-order chi connectivity index (χ0) is 20.9. The van der Waals surface area contributed by atoms with Gasteiger partial charge >= 0.3 is 0 Å². The fourth-order valence-corrected chi connectivity index (χ4v) is 4.99. The third-order valence-electron chi connectivity index (χ3n) is 4.91. The highest BCUT2D eigenvalue weighted by molar-refractivity contribution is 7.89. The number of ether oxygens (including phenoxy) is 1. The molecule has 0 saturated carbocycles. The summed E-state index contributed by atoms with van der Waals surface area (Å²) >= 11 is 6.03. The van der Waals surface area contributed by atoms with Gasteiger partial charge in [-0.2, -0.15) is 4.31 Å². The van der Waals surface area contributed by atoms with E-state index in [0.29, 0.717) is 36.7 Å². The van der Waals surface area contributed by atoms with Crippen LogP contribution in [0.1, 0.15) is 18.4 Å². The van der Waals surface area contributed by atoms with E-state index in [2.05, 4.69) is 5.32 Å². The number of aryl methyl sites for hydroxylation is 1. The highest BCUT2D eigenvalue weighted by Crippen LogP contribution is 2.25. The van der Waals surface area contributed by atoms with Crippen LogP contribution in [0.4, 0.5) is 0 Å². The highest BCUT2D eigenvalue weighted by atomic mass is 35.5.